The van der Waals surface area contributed by atoms with Crippen molar-refractivity contribution in [2.45, 2.75) is 13.1 Å². The second kappa shape index (κ2) is 5.83. The summed E-state index contributed by atoms with van der Waals surface area (Å²) in [7, 11) is 1.19. The van der Waals surface area contributed by atoms with Gasteiger partial charge in [-0.15, -0.1) is 4.91 Å². The van der Waals surface area contributed by atoms with Gasteiger partial charge >= 0.3 is 5.97 Å². The number of halogens is 1. The van der Waals surface area contributed by atoms with E-state index in [2.05, 4.69) is 15.0 Å². The number of hydrogen-bond acceptors (Lipinski definition) is 5. The molecule has 1 atom stereocenters. The third-order valence-corrected chi connectivity index (χ3v) is 2.99. The first-order valence-electron chi connectivity index (χ1n) is 5.79. The summed E-state index contributed by atoms with van der Waals surface area (Å²) in [5, 5.41) is 7.53. The molecule has 0 saturated carbocycles. The number of nitroso groups, excluding NO2 is 1. The lowest BCUT2D eigenvalue weighted by atomic mass is 10.1. The number of aryl methyl sites for hydroxylation is 1. The van der Waals surface area contributed by atoms with E-state index in [4.69, 9.17) is 11.6 Å². The van der Waals surface area contributed by atoms with Crippen molar-refractivity contribution in [3.8, 4) is 11.3 Å². The molecule has 0 saturated heterocycles. The number of ether oxygens (including phenoxy) is 1. The number of nitrogens with zero attached hydrogens (tertiary/aromatic N) is 3. The van der Waals surface area contributed by atoms with Gasteiger partial charge in [-0.3, -0.25) is 0 Å². The molecule has 7 heteroatoms. The summed E-state index contributed by atoms with van der Waals surface area (Å²) >= 11 is 5.84. The van der Waals surface area contributed by atoms with Crippen LogP contribution in [-0.4, -0.2) is 22.9 Å². The highest BCUT2D eigenvalue weighted by Crippen LogP contribution is 2.26. The SMILES string of the molecule is COC(=O)C(N=O)n1nc(C)cc1-c1ccc(Cl)cc1. The zero-order chi connectivity index (χ0) is 14.7. The summed E-state index contributed by atoms with van der Waals surface area (Å²) in [5.74, 6) is -0.765. The average molecular weight is 294 g/mol. The zero-order valence-corrected chi connectivity index (χ0v) is 11.7. The van der Waals surface area contributed by atoms with Gasteiger partial charge in [0.05, 0.1) is 18.5 Å². The van der Waals surface area contributed by atoms with Crippen LogP contribution in [-0.2, 0) is 9.53 Å². The maximum absolute atomic E-state index is 11.6. The van der Waals surface area contributed by atoms with Crippen molar-refractivity contribution < 1.29 is 9.53 Å². The Balaban J connectivity index is 2.52. The van der Waals surface area contributed by atoms with Gasteiger partial charge in [0.1, 0.15) is 0 Å². The van der Waals surface area contributed by atoms with Crippen molar-refractivity contribution in [3.05, 3.63) is 46.0 Å². The second-order valence-electron chi connectivity index (χ2n) is 4.12. The van der Waals surface area contributed by atoms with Crippen molar-refractivity contribution >= 4 is 17.6 Å². The van der Waals surface area contributed by atoms with Crippen molar-refractivity contribution in [2.24, 2.45) is 5.18 Å². The van der Waals surface area contributed by atoms with E-state index in [1.807, 2.05) is 0 Å². The van der Waals surface area contributed by atoms with Crippen LogP contribution in [0, 0.1) is 11.8 Å². The quantitative estimate of drug-likeness (QED) is 0.641. The van der Waals surface area contributed by atoms with Crippen LogP contribution in [0.5, 0.6) is 0 Å². The van der Waals surface area contributed by atoms with Crippen LogP contribution >= 0.6 is 11.6 Å². The van der Waals surface area contributed by atoms with Gasteiger partial charge in [0.2, 0.25) is 0 Å². The Labute approximate surface area is 120 Å². The van der Waals surface area contributed by atoms with Gasteiger partial charge in [0.15, 0.2) is 0 Å². The fourth-order valence-corrected chi connectivity index (χ4v) is 1.96. The molecule has 104 valence electrons. The minimum Gasteiger partial charge on any atom is -0.466 e. The molecule has 0 aliphatic carbocycles. The monoisotopic (exact) mass is 293 g/mol. The van der Waals surface area contributed by atoms with Crippen LogP contribution in [0.15, 0.2) is 35.5 Å². The molecular weight excluding hydrogens is 282 g/mol. The number of benzene rings is 1. The Morgan fingerprint density at radius 1 is 1.40 bits per heavy atom. The molecule has 0 spiro atoms. The number of aromatic nitrogens is 2. The van der Waals surface area contributed by atoms with Crippen LogP contribution in [0.4, 0.5) is 0 Å². The number of hydrogen-bond donors (Lipinski definition) is 0. The molecule has 20 heavy (non-hydrogen) atoms. The normalized spacial score (nSPS) is 11.9. The molecule has 0 amide bonds. The van der Waals surface area contributed by atoms with Gasteiger partial charge in [-0.25, -0.2) is 9.48 Å². The first kappa shape index (κ1) is 14.2. The molecule has 1 aromatic heterocycles. The van der Waals surface area contributed by atoms with Crippen LogP contribution in [0.3, 0.4) is 0 Å². The summed E-state index contributed by atoms with van der Waals surface area (Å²) in [4.78, 5) is 22.5. The molecule has 0 N–H and O–H groups in total. The molecule has 0 aliphatic rings. The molecule has 2 aromatic rings. The number of methoxy groups -OCH3 is 1. The standard InChI is InChI=1S/C13H12ClN3O3/c1-8-7-11(9-3-5-10(14)6-4-9)17(15-8)12(16-19)13(18)20-2/h3-7,12H,1-2H3. The lowest BCUT2D eigenvalue weighted by Crippen LogP contribution is -2.20. The molecule has 0 radical (unpaired) electrons. The van der Waals surface area contributed by atoms with Crippen LogP contribution in [0.2, 0.25) is 5.02 Å². The lowest BCUT2D eigenvalue weighted by Gasteiger charge is -2.11. The largest absolute Gasteiger partial charge is 0.466 e. The number of esters is 1. The molecule has 1 aromatic carbocycles. The number of carbonyl (C=O) groups is 1. The Bertz CT molecular complexity index is 637. The molecule has 1 heterocycles. The molecule has 6 nitrogen and oxygen atoms in total. The molecule has 2 rings (SSSR count). The Kier molecular flexibility index (Phi) is 4.14. The van der Waals surface area contributed by atoms with Crippen molar-refractivity contribution in [1.29, 1.82) is 0 Å². The summed E-state index contributed by atoms with van der Waals surface area (Å²) in [5.41, 5.74) is 2.02. The second-order valence-corrected chi connectivity index (χ2v) is 4.56. The predicted molar refractivity (Wildman–Crippen MR) is 74.3 cm³/mol. The fraction of sp³-hybridized carbons (Fsp3) is 0.231. The van der Waals surface area contributed by atoms with Crippen molar-refractivity contribution in [1.82, 2.24) is 9.78 Å². The van der Waals surface area contributed by atoms with E-state index in [1.165, 1.54) is 11.8 Å². The Morgan fingerprint density at radius 3 is 2.60 bits per heavy atom. The lowest BCUT2D eigenvalue weighted by molar-refractivity contribution is -0.144. The zero-order valence-electron chi connectivity index (χ0n) is 10.9. The topological polar surface area (TPSA) is 73.5 Å². The third kappa shape index (κ3) is 2.70. The average Bonchev–Trinajstić information content (AvgIpc) is 2.82. The highest BCUT2D eigenvalue weighted by molar-refractivity contribution is 6.30. The molecule has 1 unspecified atom stereocenters. The van der Waals surface area contributed by atoms with Crippen molar-refractivity contribution in [3.63, 3.8) is 0 Å². The summed E-state index contributed by atoms with van der Waals surface area (Å²) in [6.45, 7) is 1.76. The molecule has 0 fully saturated rings. The van der Waals surface area contributed by atoms with Gasteiger partial charge in [0.25, 0.3) is 6.17 Å². The first-order chi connectivity index (χ1) is 9.56. The molecule has 0 bridgehead atoms. The van der Waals surface area contributed by atoms with Crippen molar-refractivity contribution in [2.75, 3.05) is 7.11 Å². The molecule has 0 aliphatic heterocycles. The minimum atomic E-state index is -1.35. The van der Waals surface area contributed by atoms with E-state index >= 15 is 0 Å². The van der Waals surface area contributed by atoms with Gasteiger partial charge in [-0.1, -0.05) is 23.7 Å². The maximum Gasteiger partial charge on any atom is 0.357 e. The van der Waals surface area contributed by atoms with Gasteiger partial charge < -0.3 is 4.74 Å². The summed E-state index contributed by atoms with van der Waals surface area (Å²) in [6.07, 6.45) is -1.35. The van der Waals surface area contributed by atoms with Gasteiger partial charge in [-0.2, -0.15) is 5.10 Å². The van der Waals surface area contributed by atoms with Crippen LogP contribution in [0.1, 0.15) is 11.9 Å². The van der Waals surface area contributed by atoms with Crippen LogP contribution < -0.4 is 0 Å². The highest BCUT2D eigenvalue weighted by Gasteiger charge is 2.26. The van der Waals surface area contributed by atoms with E-state index in [-0.39, 0.29) is 0 Å². The number of carbonyl (C=O) groups excluding carboxylic acids is 1. The maximum atomic E-state index is 11.6. The number of rotatable bonds is 4. The summed E-state index contributed by atoms with van der Waals surface area (Å²) in [6, 6.07) is 8.73. The highest BCUT2D eigenvalue weighted by atomic mass is 35.5. The predicted octanol–water partition coefficient (Wildman–Crippen LogP) is 2.95. The minimum absolute atomic E-state index is 0.592. The first-order valence-corrected chi connectivity index (χ1v) is 6.17. The Hall–Kier alpha value is -2.21. The van der Waals surface area contributed by atoms with Crippen LogP contribution in [0.25, 0.3) is 11.3 Å². The Morgan fingerprint density at radius 2 is 2.05 bits per heavy atom. The van der Waals surface area contributed by atoms with E-state index in [0.29, 0.717) is 16.4 Å². The summed E-state index contributed by atoms with van der Waals surface area (Å²) < 4.78 is 5.81. The van der Waals surface area contributed by atoms with E-state index in [1.54, 1.807) is 37.3 Å². The van der Waals surface area contributed by atoms with E-state index in [0.717, 1.165) is 5.56 Å². The van der Waals surface area contributed by atoms with E-state index < -0.39 is 12.1 Å². The fourth-order valence-electron chi connectivity index (χ4n) is 1.83. The third-order valence-electron chi connectivity index (χ3n) is 2.74. The van der Waals surface area contributed by atoms with Gasteiger partial charge in [-0.05, 0) is 30.3 Å². The van der Waals surface area contributed by atoms with Gasteiger partial charge in [0, 0.05) is 10.6 Å². The molecular formula is C13H12ClN3O3. The van der Waals surface area contributed by atoms with E-state index in [9.17, 15) is 9.70 Å². The smallest absolute Gasteiger partial charge is 0.357 e.